The van der Waals surface area contributed by atoms with E-state index in [1.807, 2.05) is 29.5 Å². The Kier molecular flexibility index (Phi) is 9.12. The minimum absolute atomic E-state index is 0.464. The number of thiophene rings is 1. The maximum atomic E-state index is 5.34. The first kappa shape index (κ1) is 38.3. The Hall–Kier alpha value is -7.21. The standard InChI is InChI=1S/C60H46N4S/c1-3-13-41(14-4-1)46-27-26-45(37-54(46)64-52-23-9-7-19-48(52)51-35-40(25-28-53(51)64)38-60-32-29-39(30-33-60)31-34-60)59-62-57(42-15-5-2-6-16-42)61-58(63-59)44-18-11-17-43(36-44)47-21-12-22-50-49-20-8-10-24-55(49)65-56(47)50/h1-28,35-37,39H,29-34,38H2. The fourth-order valence-electron chi connectivity index (χ4n) is 11.3. The fourth-order valence-corrected chi connectivity index (χ4v) is 12.5. The first-order chi connectivity index (χ1) is 32.1. The van der Waals surface area contributed by atoms with Crippen molar-refractivity contribution in [2.45, 2.75) is 44.9 Å². The Morgan fingerprint density at radius 3 is 1.83 bits per heavy atom. The molecule has 3 aromatic heterocycles. The van der Waals surface area contributed by atoms with Gasteiger partial charge in [0.15, 0.2) is 17.5 Å². The summed E-state index contributed by atoms with van der Waals surface area (Å²) in [4.78, 5) is 15.8. The smallest absolute Gasteiger partial charge is 0.164 e. The van der Waals surface area contributed by atoms with E-state index in [1.54, 1.807) is 0 Å². The Bertz CT molecular complexity index is 3580. The predicted octanol–water partition coefficient (Wildman–Crippen LogP) is 16.2. The van der Waals surface area contributed by atoms with Crippen molar-refractivity contribution in [3.63, 3.8) is 0 Å². The molecule has 11 aromatic rings. The minimum Gasteiger partial charge on any atom is -0.309 e. The fraction of sp³-hybridized carbons (Fsp3) is 0.150. The van der Waals surface area contributed by atoms with Gasteiger partial charge in [-0.05, 0) is 115 Å². The van der Waals surface area contributed by atoms with E-state index < -0.39 is 0 Å². The third-order valence-electron chi connectivity index (χ3n) is 14.6. The lowest BCUT2D eigenvalue weighted by Gasteiger charge is -2.47. The molecule has 3 aliphatic rings. The van der Waals surface area contributed by atoms with Gasteiger partial charge in [0.05, 0.1) is 16.7 Å². The lowest BCUT2D eigenvalue weighted by molar-refractivity contribution is 0.0654. The van der Waals surface area contributed by atoms with Crippen LogP contribution in [-0.2, 0) is 6.42 Å². The summed E-state index contributed by atoms with van der Waals surface area (Å²) in [5.74, 6) is 2.89. The molecule has 4 nitrogen and oxygen atoms in total. The molecule has 0 atom stereocenters. The lowest BCUT2D eigenvalue weighted by Crippen LogP contribution is -2.35. The molecule has 0 radical (unpaired) electrons. The Labute approximate surface area is 382 Å². The van der Waals surface area contributed by atoms with E-state index in [0.717, 1.165) is 45.0 Å². The van der Waals surface area contributed by atoms with Gasteiger partial charge in [0.25, 0.3) is 0 Å². The van der Waals surface area contributed by atoms with E-state index in [-0.39, 0.29) is 0 Å². The maximum Gasteiger partial charge on any atom is 0.164 e. The van der Waals surface area contributed by atoms with Gasteiger partial charge in [-0.15, -0.1) is 11.3 Å². The number of benzene rings is 8. The van der Waals surface area contributed by atoms with Gasteiger partial charge in [-0.2, -0.15) is 0 Å². The van der Waals surface area contributed by atoms with Gasteiger partial charge in [0.1, 0.15) is 0 Å². The summed E-state index contributed by atoms with van der Waals surface area (Å²) in [6.45, 7) is 0. The summed E-state index contributed by atoms with van der Waals surface area (Å²) in [7, 11) is 0. The van der Waals surface area contributed by atoms with Gasteiger partial charge < -0.3 is 4.57 Å². The van der Waals surface area contributed by atoms with Crippen LogP contribution in [0.2, 0.25) is 0 Å². The zero-order valence-corrected chi connectivity index (χ0v) is 36.9. The van der Waals surface area contributed by atoms with E-state index in [0.29, 0.717) is 22.9 Å². The average Bonchev–Trinajstić information content (AvgIpc) is 3.93. The molecule has 14 rings (SSSR count). The Morgan fingerprint density at radius 1 is 0.446 bits per heavy atom. The molecule has 0 spiro atoms. The predicted molar refractivity (Wildman–Crippen MR) is 272 cm³/mol. The number of hydrogen-bond acceptors (Lipinski definition) is 4. The Balaban J connectivity index is 0.976. The van der Waals surface area contributed by atoms with Crippen LogP contribution in [0.4, 0.5) is 0 Å². The zero-order chi connectivity index (χ0) is 42.9. The highest BCUT2D eigenvalue weighted by molar-refractivity contribution is 7.26. The molecule has 3 saturated carbocycles. The molecule has 2 bridgehead atoms. The van der Waals surface area contributed by atoms with Crippen molar-refractivity contribution in [3.05, 3.63) is 194 Å². The van der Waals surface area contributed by atoms with Crippen molar-refractivity contribution >= 4 is 53.3 Å². The number of fused-ring (bicyclic) bond motifs is 9. The van der Waals surface area contributed by atoms with Crippen molar-refractivity contribution in [1.82, 2.24) is 19.5 Å². The first-order valence-corrected chi connectivity index (χ1v) is 24.0. The van der Waals surface area contributed by atoms with Gasteiger partial charge in [-0.3, -0.25) is 0 Å². The molecule has 0 unspecified atom stereocenters. The van der Waals surface area contributed by atoms with Crippen LogP contribution in [0.25, 0.3) is 104 Å². The van der Waals surface area contributed by atoms with Crippen LogP contribution >= 0.6 is 11.3 Å². The summed E-state index contributed by atoms with van der Waals surface area (Å²) in [6.07, 6.45) is 9.54. The SMILES string of the molecule is c1ccc(-c2nc(-c3cccc(-c4cccc5c4sc4ccccc45)c3)nc(-c3ccc(-c4ccccc4)c(-n4c5ccccc5c5cc(CC67CCC(CC6)CC7)ccc54)c3)n2)cc1. The second-order valence-corrected chi connectivity index (χ2v) is 19.5. The van der Waals surface area contributed by atoms with Gasteiger partial charge in [0, 0.05) is 53.2 Å². The normalized spacial score (nSPS) is 17.1. The van der Waals surface area contributed by atoms with Gasteiger partial charge in [0.2, 0.25) is 0 Å². The van der Waals surface area contributed by atoms with E-state index in [2.05, 4.69) is 174 Å². The van der Waals surface area contributed by atoms with Crippen LogP contribution < -0.4 is 0 Å². The molecule has 3 aliphatic carbocycles. The number of nitrogens with zero attached hydrogens (tertiary/aromatic N) is 4. The second-order valence-electron chi connectivity index (χ2n) is 18.5. The van der Waals surface area contributed by atoms with Crippen LogP contribution in [0.3, 0.4) is 0 Å². The Morgan fingerprint density at radius 2 is 1.05 bits per heavy atom. The van der Waals surface area contributed by atoms with Crippen molar-refractivity contribution in [3.8, 4) is 62.1 Å². The highest BCUT2D eigenvalue weighted by Gasteiger charge is 2.40. The summed E-state index contributed by atoms with van der Waals surface area (Å²) < 4.78 is 5.06. The summed E-state index contributed by atoms with van der Waals surface area (Å²) in [5, 5.41) is 5.17. The van der Waals surface area contributed by atoms with Crippen molar-refractivity contribution in [1.29, 1.82) is 0 Å². The molecular formula is C60H46N4S. The van der Waals surface area contributed by atoms with E-state index in [4.69, 9.17) is 15.0 Å². The molecular weight excluding hydrogens is 809 g/mol. The summed E-state index contributed by atoms with van der Waals surface area (Å²) in [5.41, 5.74) is 12.9. The molecule has 0 aliphatic heterocycles. The zero-order valence-electron chi connectivity index (χ0n) is 36.1. The second kappa shape index (κ2) is 15.5. The van der Waals surface area contributed by atoms with Crippen LogP contribution in [-0.4, -0.2) is 19.5 Å². The number of para-hydroxylation sites is 1. The number of rotatable bonds is 8. The van der Waals surface area contributed by atoms with Crippen LogP contribution in [0, 0.1) is 11.3 Å². The quantitative estimate of drug-likeness (QED) is 0.153. The molecule has 0 N–H and O–H groups in total. The topological polar surface area (TPSA) is 43.6 Å². The molecule has 8 aromatic carbocycles. The highest BCUT2D eigenvalue weighted by atomic mass is 32.1. The summed E-state index contributed by atoms with van der Waals surface area (Å²) in [6, 6.07) is 68.1. The molecule has 3 heterocycles. The van der Waals surface area contributed by atoms with Gasteiger partial charge in [-0.1, -0.05) is 152 Å². The van der Waals surface area contributed by atoms with Crippen molar-refractivity contribution < 1.29 is 0 Å². The maximum absolute atomic E-state index is 5.34. The third-order valence-corrected chi connectivity index (χ3v) is 15.9. The van der Waals surface area contributed by atoms with Gasteiger partial charge >= 0.3 is 0 Å². The first-order valence-electron chi connectivity index (χ1n) is 23.2. The van der Waals surface area contributed by atoms with E-state index >= 15 is 0 Å². The van der Waals surface area contributed by atoms with E-state index in [1.165, 1.54) is 98.1 Å². The monoisotopic (exact) mass is 854 g/mol. The van der Waals surface area contributed by atoms with Crippen molar-refractivity contribution in [2.75, 3.05) is 0 Å². The van der Waals surface area contributed by atoms with Crippen molar-refractivity contribution in [2.24, 2.45) is 11.3 Å². The molecule has 0 amide bonds. The molecule has 5 heteroatoms. The van der Waals surface area contributed by atoms with E-state index in [9.17, 15) is 0 Å². The minimum atomic E-state index is 0.464. The summed E-state index contributed by atoms with van der Waals surface area (Å²) >= 11 is 1.85. The lowest BCUT2D eigenvalue weighted by atomic mass is 9.59. The highest BCUT2D eigenvalue weighted by Crippen LogP contribution is 2.52. The van der Waals surface area contributed by atoms with Crippen LogP contribution in [0.15, 0.2) is 188 Å². The van der Waals surface area contributed by atoms with Crippen LogP contribution in [0.5, 0.6) is 0 Å². The van der Waals surface area contributed by atoms with Gasteiger partial charge in [-0.25, -0.2) is 15.0 Å². The largest absolute Gasteiger partial charge is 0.309 e. The molecule has 0 saturated heterocycles. The molecule has 3 fully saturated rings. The van der Waals surface area contributed by atoms with Crippen LogP contribution in [0.1, 0.15) is 44.1 Å². The number of aromatic nitrogens is 4. The number of hydrogen-bond donors (Lipinski definition) is 0. The molecule has 312 valence electrons. The third kappa shape index (κ3) is 6.68. The average molecular weight is 855 g/mol. The molecule has 65 heavy (non-hydrogen) atoms.